The van der Waals surface area contributed by atoms with Gasteiger partial charge in [-0.15, -0.1) is 0 Å². The lowest BCUT2D eigenvalue weighted by molar-refractivity contribution is -0.138. The van der Waals surface area contributed by atoms with Crippen molar-refractivity contribution in [3.8, 4) is 0 Å². The highest BCUT2D eigenvalue weighted by atomic mass is 35.5. The first-order valence-electron chi connectivity index (χ1n) is 15.3. The number of benzene rings is 3. The van der Waals surface area contributed by atoms with Gasteiger partial charge in [0.1, 0.15) is 6.54 Å². The van der Waals surface area contributed by atoms with Crippen LogP contribution >= 0.6 is 23.2 Å². The van der Waals surface area contributed by atoms with E-state index in [1.165, 1.54) is 19.3 Å². The number of nitrogens with one attached hydrogen (secondary N) is 2. The Morgan fingerprint density at radius 2 is 1.74 bits per heavy atom. The molecule has 7 nitrogen and oxygen atoms in total. The molecule has 0 aromatic heterocycles. The molecule has 5 rings (SSSR count). The van der Waals surface area contributed by atoms with E-state index in [-0.39, 0.29) is 36.7 Å². The molecule has 43 heavy (non-hydrogen) atoms. The number of piperidine rings is 1. The van der Waals surface area contributed by atoms with Crippen LogP contribution in [0.5, 0.6) is 0 Å². The van der Waals surface area contributed by atoms with Gasteiger partial charge >= 0.3 is 0 Å². The van der Waals surface area contributed by atoms with Crippen LogP contribution in [-0.4, -0.2) is 60.2 Å². The molecule has 2 heterocycles. The highest BCUT2D eigenvalue weighted by molar-refractivity contribution is 6.35. The fraction of sp³-hybridized carbons (Fsp3) is 0.441. The Bertz CT molecular complexity index is 1450. The minimum atomic E-state index is -0.566. The van der Waals surface area contributed by atoms with Crippen molar-refractivity contribution in [1.82, 2.24) is 20.4 Å². The molecule has 2 aliphatic heterocycles. The van der Waals surface area contributed by atoms with Crippen molar-refractivity contribution >= 4 is 51.7 Å². The van der Waals surface area contributed by atoms with E-state index in [0.29, 0.717) is 23.0 Å². The number of rotatable bonds is 11. The molecule has 3 atom stereocenters. The van der Waals surface area contributed by atoms with Gasteiger partial charge in [-0.2, -0.15) is 0 Å². The van der Waals surface area contributed by atoms with Crippen LogP contribution in [0.1, 0.15) is 68.7 Å². The number of fused-ring (bicyclic) bond motifs is 1. The van der Waals surface area contributed by atoms with Crippen LogP contribution in [-0.2, 0) is 14.4 Å². The monoisotopic (exact) mass is 622 g/mol. The van der Waals surface area contributed by atoms with Crippen molar-refractivity contribution in [2.75, 3.05) is 32.7 Å². The molecule has 0 saturated carbocycles. The van der Waals surface area contributed by atoms with Crippen molar-refractivity contribution in [1.29, 1.82) is 0 Å². The molecule has 0 bridgehead atoms. The van der Waals surface area contributed by atoms with E-state index in [0.717, 1.165) is 48.0 Å². The predicted octanol–water partition coefficient (Wildman–Crippen LogP) is 6.30. The van der Waals surface area contributed by atoms with E-state index in [1.807, 2.05) is 49.4 Å². The number of nitrogens with zero attached hydrogens (tertiary/aromatic N) is 2. The Morgan fingerprint density at radius 1 is 0.977 bits per heavy atom. The Hall–Kier alpha value is -3.13. The fourth-order valence-electron chi connectivity index (χ4n) is 6.47. The summed E-state index contributed by atoms with van der Waals surface area (Å²) in [5, 5.41) is 9.20. The largest absolute Gasteiger partial charge is 0.355 e. The Morgan fingerprint density at radius 3 is 2.53 bits per heavy atom. The third-order valence-electron chi connectivity index (χ3n) is 8.67. The molecule has 3 amide bonds. The highest BCUT2D eigenvalue weighted by Gasteiger charge is 2.42. The van der Waals surface area contributed by atoms with Crippen molar-refractivity contribution in [3.63, 3.8) is 0 Å². The van der Waals surface area contributed by atoms with Gasteiger partial charge in [-0.25, -0.2) is 0 Å². The summed E-state index contributed by atoms with van der Waals surface area (Å²) in [5.41, 5.74) is 1.75. The lowest BCUT2D eigenvalue weighted by atomic mass is 9.96. The maximum Gasteiger partial charge on any atom is 0.239 e. The molecule has 2 fully saturated rings. The zero-order chi connectivity index (χ0) is 30.3. The molecule has 0 aliphatic carbocycles. The second-order valence-electron chi connectivity index (χ2n) is 11.7. The van der Waals surface area contributed by atoms with Crippen LogP contribution in [0.3, 0.4) is 0 Å². The molecule has 0 radical (unpaired) electrons. The van der Waals surface area contributed by atoms with Crippen LogP contribution in [0, 0.1) is 5.92 Å². The minimum absolute atomic E-state index is 0.0314. The molecule has 2 saturated heterocycles. The Kier molecular flexibility index (Phi) is 10.6. The molecule has 9 heteroatoms. The Labute approximate surface area is 263 Å². The summed E-state index contributed by atoms with van der Waals surface area (Å²) in [6.45, 7) is 5.62. The number of likely N-dealkylation sites (tertiary alicyclic amines) is 2. The van der Waals surface area contributed by atoms with Gasteiger partial charge in [0.25, 0.3) is 0 Å². The quantitative estimate of drug-likeness (QED) is 0.246. The van der Waals surface area contributed by atoms with E-state index >= 15 is 0 Å². The lowest BCUT2D eigenvalue weighted by Gasteiger charge is -2.27. The van der Waals surface area contributed by atoms with E-state index in [2.05, 4.69) is 15.5 Å². The molecule has 3 aromatic carbocycles. The number of carbonyl (C=O) groups is 3. The van der Waals surface area contributed by atoms with Crippen molar-refractivity contribution < 1.29 is 14.4 Å². The summed E-state index contributed by atoms with van der Waals surface area (Å²) in [6, 6.07) is 18.6. The smallest absolute Gasteiger partial charge is 0.239 e. The second kappa shape index (κ2) is 14.6. The average Bonchev–Trinajstić information content (AvgIpc) is 3.29. The first-order valence-corrected chi connectivity index (χ1v) is 16.1. The van der Waals surface area contributed by atoms with Crippen LogP contribution in [0.2, 0.25) is 10.0 Å². The zero-order valence-electron chi connectivity index (χ0n) is 24.7. The number of carbonyl (C=O) groups excluding carboxylic acids is 3. The number of amides is 3. The van der Waals surface area contributed by atoms with Gasteiger partial charge in [0.15, 0.2) is 0 Å². The van der Waals surface area contributed by atoms with Gasteiger partial charge in [0, 0.05) is 28.9 Å². The summed E-state index contributed by atoms with van der Waals surface area (Å²) in [5.74, 6) is -1.20. The van der Waals surface area contributed by atoms with E-state index < -0.39 is 12.0 Å². The van der Waals surface area contributed by atoms with Gasteiger partial charge in [0.2, 0.25) is 17.7 Å². The molecular formula is C34H40Cl2N4O3. The number of halogens is 2. The standard InChI is InChI=1S/C34H40Cl2N4O3/c1-23(27-12-7-10-24-9-3-4-11-28(24)27)38-32(41)20-25-19-31(29-14-13-26(35)21-30(29)36)40(34(25)43)22-33(42)37-15-8-18-39-16-5-2-6-17-39/h3-4,7,9-14,21,23,25,31H,2,5-6,8,15-20,22H2,1H3,(H,37,42)(H,38,41)/t23-,25+,31+/m0/s1. The Balaban J connectivity index is 1.23. The van der Waals surface area contributed by atoms with Gasteiger partial charge in [-0.3, -0.25) is 14.4 Å². The van der Waals surface area contributed by atoms with E-state index in [9.17, 15) is 14.4 Å². The average molecular weight is 624 g/mol. The molecule has 2 aliphatic rings. The topological polar surface area (TPSA) is 81.8 Å². The number of hydrogen-bond acceptors (Lipinski definition) is 4. The van der Waals surface area contributed by atoms with Gasteiger partial charge in [-0.05, 0) is 86.3 Å². The zero-order valence-corrected chi connectivity index (χ0v) is 26.2. The highest BCUT2D eigenvalue weighted by Crippen LogP contribution is 2.41. The van der Waals surface area contributed by atoms with Crippen molar-refractivity contribution in [3.05, 3.63) is 81.8 Å². The lowest BCUT2D eigenvalue weighted by Crippen LogP contribution is -2.41. The molecule has 0 spiro atoms. The summed E-state index contributed by atoms with van der Waals surface area (Å²) in [7, 11) is 0. The van der Waals surface area contributed by atoms with Gasteiger partial charge < -0.3 is 20.4 Å². The van der Waals surface area contributed by atoms with E-state index in [4.69, 9.17) is 23.2 Å². The number of hydrogen-bond donors (Lipinski definition) is 2. The van der Waals surface area contributed by atoms with Crippen molar-refractivity contribution in [2.45, 2.75) is 57.5 Å². The molecule has 0 unspecified atom stereocenters. The predicted molar refractivity (Wildman–Crippen MR) is 172 cm³/mol. The summed E-state index contributed by atoms with van der Waals surface area (Å²) in [6.07, 6.45) is 5.05. The molecular weight excluding hydrogens is 583 g/mol. The summed E-state index contributed by atoms with van der Waals surface area (Å²) < 4.78 is 0. The van der Waals surface area contributed by atoms with Crippen LogP contribution in [0.25, 0.3) is 10.8 Å². The van der Waals surface area contributed by atoms with Crippen LogP contribution in [0.15, 0.2) is 60.7 Å². The van der Waals surface area contributed by atoms with Gasteiger partial charge in [-0.1, -0.05) is 78.2 Å². The normalized spacial score (nSPS) is 19.9. The maximum atomic E-state index is 13.7. The first-order chi connectivity index (χ1) is 20.8. The summed E-state index contributed by atoms with van der Waals surface area (Å²) in [4.78, 5) is 43.9. The first kappa shape index (κ1) is 31.3. The van der Waals surface area contributed by atoms with Crippen LogP contribution < -0.4 is 10.6 Å². The van der Waals surface area contributed by atoms with E-state index in [1.54, 1.807) is 23.1 Å². The SMILES string of the molecule is C[C@H](NC(=O)C[C@H]1C[C@H](c2ccc(Cl)cc2Cl)N(CC(=O)NCCCN2CCCCC2)C1=O)c1cccc2ccccc12. The summed E-state index contributed by atoms with van der Waals surface area (Å²) >= 11 is 12.7. The second-order valence-corrected chi connectivity index (χ2v) is 12.6. The van der Waals surface area contributed by atoms with Crippen LogP contribution in [0.4, 0.5) is 0 Å². The third kappa shape index (κ3) is 7.88. The molecule has 3 aromatic rings. The minimum Gasteiger partial charge on any atom is -0.355 e. The maximum absolute atomic E-state index is 13.7. The molecule has 2 N–H and O–H groups in total. The van der Waals surface area contributed by atoms with Crippen molar-refractivity contribution in [2.24, 2.45) is 5.92 Å². The fourth-order valence-corrected chi connectivity index (χ4v) is 7.00. The molecule has 228 valence electrons. The van der Waals surface area contributed by atoms with Gasteiger partial charge in [0.05, 0.1) is 12.1 Å². The third-order valence-corrected chi connectivity index (χ3v) is 9.24.